The molecule has 1 aromatic carbocycles. The summed E-state index contributed by atoms with van der Waals surface area (Å²) in [5.74, 6) is -1.74. The van der Waals surface area contributed by atoms with Gasteiger partial charge in [0, 0.05) is 37.4 Å². The maximum absolute atomic E-state index is 14.5. The highest BCUT2D eigenvalue weighted by atomic mass is 19.4. The second kappa shape index (κ2) is 10.8. The van der Waals surface area contributed by atoms with Gasteiger partial charge in [0.25, 0.3) is 5.56 Å². The first-order valence-corrected chi connectivity index (χ1v) is 12.7. The van der Waals surface area contributed by atoms with Crippen LogP contribution in [-0.2, 0) is 33.4 Å². The van der Waals surface area contributed by atoms with Crippen molar-refractivity contribution in [2.45, 2.75) is 33.0 Å². The van der Waals surface area contributed by atoms with Gasteiger partial charge in [0.2, 0.25) is 23.3 Å². The van der Waals surface area contributed by atoms with Crippen molar-refractivity contribution in [1.29, 1.82) is 0 Å². The van der Waals surface area contributed by atoms with Crippen LogP contribution in [0, 0.1) is 12.7 Å². The van der Waals surface area contributed by atoms with Crippen molar-refractivity contribution >= 4 is 28.8 Å². The highest BCUT2D eigenvalue weighted by Gasteiger charge is 2.35. The number of ether oxygens (including phenoxy) is 2. The van der Waals surface area contributed by atoms with Crippen LogP contribution in [0.15, 0.2) is 23.2 Å². The molecule has 0 aliphatic carbocycles. The van der Waals surface area contributed by atoms with Gasteiger partial charge < -0.3 is 29.6 Å². The molecule has 4 heterocycles. The summed E-state index contributed by atoms with van der Waals surface area (Å²) >= 11 is 0. The van der Waals surface area contributed by atoms with Crippen molar-refractivity contribution in [3.8, 4) is 0 Å². The summed E-state index contributed by atoms with van der Waals surface area (Å²) in [6.45, 7) is 5.64. The van der Waals surface area contributed by atoms with Gasteiger partial charge in [-0.1, -0.05) is 6.92 Å². The molecular weight excluding hydrogens is 538 g/mol. The molecule has 5 rings (SSSR count). The smallest absolute Gasteiger partial charge is 0.419 e. The van der Waals surface area contributed by atoms with Crippen LogP contribution >= 0.6 is 0 Å². The monoisotopic (exact) mass is 565 g/mol. The van der Waals surface area contributed by atoms with Gasteiger partial charge in [-0.05, 0) is 25.5 Å². The lowest BCUT2D eigenvalue weighted by Crippen LogP contribution is -2.47. The Labute approximate surface area is 225 Å². The third kappa shape index (κ3) is 5.08. The number of halogens is 4. The van der Waals surface area contributed by atoms with Gasteiger partial charge in [-0.15, -0.1) is 5.10 Å². The molecule has 0 radical (unpaired) electrons. The van der Waals surface area contributed by atoms with Gasteiger partial charge in [-0.25, -0.2) is 4.39 Å². The summed E-state index contributed by atoms with van der Waals surface area (Å²) in [6, 6.07) is 1.59. The van der Waals surface area contributed by atoms with Gasteiger partial charge in [0.1, 0.15) is 37.5 Å². The number of fused-ring (bicyclic) bond motifs is 1. The highest BCUT2D eigenvalue weighted by molar-refractivity contribution is 5.91. The molecule has 2 N–H and O–H groups in total. The predicted octanol–water partition coefficient (Wildman–Crippen LogP) is 2.31. The number of hydrogen-bond donors (Lipinski definition) is 2. The third-order valence-electron chi connectivity index (χ3n) is 6.73. The third-order valence-corrected chi connectivity index (χ3v) is 6.73. The van der Waals surface area contributed by atoms with E-state index in [1.54, 1.807) is 0 Å². The van der Waals surface area contributed by atoms with Gasteiger partial charge in [-0.2, -0.15) is 22.7 Å². The van der Waals surface area contributed by atoms with Crippen molar-refractivity contribution in [2.75, 3.05) is 49.6 Å². The topological polar surface area (TPSA) is 115 Å². The molecule has 2 aromatic heterocycles. The number of amides is 1. The molecule has 0 saturated carbocycles. The van der Waals surface area contributed by atoms with Gasteiger partial charge in [0.15, 0.2) is 0 Å². The van der Waals surface area contributed by atoms with E-state index in [0.717, 1.165) is 17.5 Å². The van der Waals surface area contributed by atoms with Crippen molar-refractivity contribution in [2.24, 2.45) is 0 Å². The molecule has 1 saturated heterocycles. The van der Waals surface area contributed by atoms with Crippen LogP contribution in [0.5, 0.6) is 0 Å². The van der Waals surface area contributed by atoms with Crippen molar-refractivity contribution in [1.82, 2.24) is 24.5 Å². The first-order chi connectivity index (χ1) is 19.1. The fraction of sp³-hybridized carbons (Fsp3) is 0.440. The summed E-state index contributed by atoms with van der Waals surface area (Å²) in [6.07, 6.45) is -3.17. The Balaban J connectivity index is 1.58. The molecule has 15 heteroatoms. The van der Waals surface area contributed by atoms with E-state index in [9.17, 15) is 27.2 Å². The quantitative estimate of drug-likeness (QED) is 0.438. The maximum Gasteiger partial charge on any atom is 0.419 e. The van der Waals surface area contributed by atoms with Gasteiger partial charge >= 0.3 is 6.18 Å². The van der Waals surface area contributed by atoms with Crippen LogP contribution in [0.2, 0.25) is 0 Å². The molecule has 0 atom stereocenters. The summed E-state index contributed by atoms with van der Waals surface area (Å²) in [5.41, 5.74) is -1.39. The van der Waals surface area contributed by atoms with Crippen LogP contribution in [0.1, 0.15) is 29.6 Å². The number of benzene rings is 1. The van der Waals surface area contributed by atoms with Crippen molar-refractivity contribution < 1.29 is 31.8 Å². The molecule has 1 amide bonds. The molecule has 11 nitrogen and oxygen atoms in total. The zero-order valence-electron chi connectivity index (χ0n) is 21.8. The van der Waals surface area contributed by atoms with Crippen molar-refractivity contribution in [3.05, 3.63) is 57.2 Å². The second-order valence-corrected chi connectivity index (χ2v) is 9.27. The first-order valence-electron chi connectivity index (χ1n) is 12.7. The number of anilines is 2. The Bertz CT molecular complexity index is 1540. The zero-order valence-corrected chi connectivity index (χ0v) is 21.8. The fourth-order valence-electron chi connectivity index (χ4n) is 4.78. The minimum absolute atomic E-state index is 0.0660. The lowest BCUT2D eigenvalue weighted by molar-refractivity contribution is -0.140. The van der Waals surface area contributed by atoms with Crippen LogP contribution in [0.3, 0.4) is 0 Å². The van der Waals surface area contributed by atoms with E-state index in [1.165, 1.54) is 10.8 Å². The van der Waals surface area contributed by atoms with Crippen LogP contribution < -0.4 is 21.1 Å². The standard InChI is InChI=1S/C25H27F4N7O4/c1-3-17-21(34-8-6-30-7-9-34)23(38)36-24(32-22(33-36)18-13-39-10-11-40-18)35(17)12-19(37)31-16-5-4-15(25(27,28)29)20(26)14(16)2/h4-5,13,30H,3,6-12H2,1-2H3,(H,31,37). The number of piperazine rings is 1. The number of alkyl halides is 3. The Morgan fingerprint density at radius 1 is 1.20 bits per heavy atom. The van der Waals surface area contributed by atoms with Crippen LogP contribution in [0.25, 0.3) is 11.5 Å². The average molecular weight is 566 g/mol. The number of aromatic nitrogens is 4. The lowest BCUT2D eigenvalue weighted by atomic mass is 10.1. The summed E-state index contributed by atoms with van der Waals surface area (Å²) in [5, 5.41) is 10.1. The normalized spacial score (nSPS) is 15.9. The Hall–Kier alpha value is -4.14. The molecule has 1 fully saturated rings. The molecule has 214 valence electrons. The Morgan fingerprint density at radius 2 is 1.95 bits per heavy atom. The highest BCUT2D eigenvalue weighted by Crippen LogP contribution is 2.34. The van der Waals surface area contributed by atoms with E-state index in [1.807, 2.05) is 11.8 Å². The van der Waals surface area contributed by atoms with E-state index in [4.69, 9.17) is 9.47 Å². The number of carbonyl (C=O) groups is 1. The molecule has 2 aliphatic heterocycles. The number of hydrogen-bond acceptors (Lipinski definition) is 8. The number of nitrogens with zero attached hydrogens (tertiary/aromatic N) is 5. The van der Waals surface area contributed by atoms with Gasteiger partial charge in [0.05, 0.1) is 11.3 Å². The zero-order chi connectivity index (χ0) is 28.6. The summed E-state index contributed by atoms with van der Waals surface area (Å²) in [7, 11) is 0. The molecule has 3 aromatic rings. The SMILES string of the molecule is CCc1c(N2CCNCC2)c(=O)n2nc(C3=COCCO3)nc2n1CC(=O)Nc1ccc(C(F)(F)F)c(F)c1C. The maximum atomic E-state index is 14.5. The van der Waals surface area contributed by atoms with Gasteiger partial charge in [-0.3, -0.25) is 9.59 Å². The second-order valence-electron chi connectivity index (χ2n) is 9.27. The number of nitrogens with one attached hydrogen (secondary N) is 2. The minimum Gasteiger partial charge on any atom is -0.494 e. The Morgan fingerprint density at radius 3 is 2.60 bits per heavy atom. The largest absolute Gasteiger partial charge is 0.494 e. The molecule has 40 heavy (non-hydrogen) atoms. The predicted molar refractivity (Wildman–Crippen MR) is 136 cm³/mol. The van der Waals surface area contributed by atoms with Crippen LogP contribution in [-0.4, -0.2) is 64.5 Å². The average Bonchev–Trinajstić information content (AvgIpc) is 3.39. The van der Waals surface area contributed by atoms with Crippen LogP contribution in [0.4, 0.5) is 28.9 Å². The number of carbonyl (C=O) groups excluding carboxylic acids is 1. The summed E-state index contributed by atoms with van der Waals surface area (Å²) in [4.78, 5) is 33.3. The Kier molecular flexibility index (Phi) is 7.40. The summed E-state index contributed by atoms with van der Waals surface area (Å²) < 4.78 is 67.3. The van der Waals surface area contributed by atoms with E-state index >= 15 is 0 Å². The first kappa shape index (κ1) is 27.4. The minimum atomic E-state index is -4.87. The molecule has 0 spiro atoms. The van der Waals surface area contributed by atoms with E-state index in [0.29, 0.717) is 56.7 Å². The van der Waals surface area contributed by atoms with Crippen molar-refractivity contribution in [3.63, 3.8) is 0 Å². The molecule has 2 aliphatic rings. The van der Waals surface area contributed by atoms with E-state index in [2.05, 4.69) is 20.7 Å². The molecule has 0 bridgehead atoms. The molecule has 0 unspecified atom stereocenters. The van der Waals surface area contributed by atoms with E-state index < -0.39 is 29.0 Å². The lowest BCUT2D eigenvalue weighted by Gasteiger charge is -2.31. The fourth-order valence-corrected chi connectivity index (χ4v) is 4.78. The van der Waals surface area contributed by atoms with E-state index in [-0.39, 0.29) is 41.8 Å². The number of rotatable bonds is 6. The molecular formula is C25H27F4N7O4.